The van der Waals surface area contributed by atoms with Crippen molar-refractivity contribution in [2.75, 3.05) is 0 Å². The predicted octanol–water partition coefficient (Wildman–Crippen LogP) is 2.02. The van der Waals surface area contributed by atoms with Crippen LogP contribution in [-0.4, -0.2) is 14.8 Å². The van der Waals surface area contributed by atoms with E-state index in [2.05, 4.69) is 36.1 Å². The lowest BCUT2D eigenvalue weighted by molar-refractivity contribution is 0.455. The van der Waals surface area contributed by atoms with Gasteiger partial charge < -0.3 is 5.73 Å². The van der Waals surface area contributed by atoms with Crippen molar-refractivity contribution in [3.05, 3.63) is 47.5 Å². The normalized spacial score (nSPS) is 14.4. The largest absolute Gasteiger partial charge is 0.321 e. The van der Waals surface area contributed by atoms with E-state index in [1.807, 2.05) is 23.7 Å². The molecule has 0 aliphatic rings. The minimum Gasteiger partial charge on any atom is -0.321 e. The molecule has 4 nitrogen and oxygen atoms in total. The maximum atomic E-state index is 6.47. The van der Waals surface area contributed by atoms with Crippen molar-refractivity contribution >= 4 is 0 Å². The third-order valence-corrected chi connectivity index (χ3v) is 3.28. The molecule has 0 saturated carbocycles. The van der Waals surface area contributed by atoms with Gasteiger partial charge in [-0.25, -0.2) is 4.98 Å². The topological polar surface area (TPSA) is 56.7 Å². The van der Waals surface area contributed by atoms with Crippen LogP contribution < -0.4 is 5.73 Å². The molecule has 0 aliphatic carbocycles. The third-order valence-electron chi connectivity index (χ3n) is 3.28. The van der Waals surface area contributed by atoms with E-state index >= 15 is 0 Å². The Morgan fingerprint density at radius 3 is 2.72 bits per heavy atom. The molecular formula is C14H20N4. The summed E-state index contributed by atoms with van der Waals surface area (Å²) in [7, 11) is 0. The van der Waals surface area contributed by atoms with Gasteiger partial charge in [-0.05, 0) is 31.9 Å². The second-order valence-electron chi connectivity index (χ2n) is 4.90. The summed E-state index contributed by atoms with van der Waals surface area (Å²) in [4.78, 5) is 4.30. The molecule has 1 heterocycles. The maximum absolute atomic E-state index is 6.47. The second-order valence-corrected chi connectivity index (χ2v) is 4.90. The van der Waals surface area contributed by atoms with Crippen LogP contribution >= 0.6 is 0 Å². The number of aromatic nitrogens is 3. The quantitative estimate of drug-likeness (QED) is 0.895. The molecule has 0 aliphatic heterocycles. The van der Waals surface area contributed by atoms with Gasteiger partial charge in [0.2, 0.25) is 0 Å². The highest BCUT2D eigenvalue weighted by Gasteiger charge is 2.25. The van der Waals surface area contributed by atoms with Crippen molar-refractivity contribution in [2.45, 2.75) is 39.3 Å². The summed E-state index contributed by atoms with van der Waals surface area (Å²) in [5, 5.41) is 4.18. The Morgan fingerprint density at radius 2 is 2.06 bits per heavy atom. The van der Waals surface area contributed by atoms with Gasteiger partial charge in [0.15, 0.2) is 0 Å². The fourth-order valence-corrected chi connectivity index (χ4v) is 2.33. The van der Waals surface area contributed by atoms with Crippen LogP contribution in [0, 0.1) is 6.92 Å². The van der Waals surface area contributed by atoms with Crippen LogP contribution in [0.25, 0.3) is 0 Å². The number of aryl methyl sites for hydroxylation is 2. The predicted molar refractivity (Wildman–Crippen MR) is 72.1 cm³/mol. The second kappa shape index (κ2) is 4.90. The van der Waals surface area contributed by atoms with Crippen LogP contribution in [0.1, 0.15) is 30.8 Å². The highest BCUT2D eigenvalue weighted by molar-refractivity contribution is 5.32. The van der Waals surface area contributed by atoms with Gasteiger partial charge in [0.25, 0.3) is 0 Å². The van der Waals surface area contributed by atoms with Gasteiger partial charge in [0.1, 0.15) is 12.2 Å². The average Bonchev–Trinajstić information content (AvgIpc) is 2.76. The number of nitrogens with zero attached hydrogens (tertiary/aromatic N) is 3. The van der Waals surface area contributed by atoms with Crippen LogP contribution in [0.2, 0.25) is 0 Å². The number of benzene rings is 1. The van der Waals surface area contributed by atoms with Gasteiger partial charge in [-0.2, -0.15) is 5.10 Å². The summed E-state index contributed by atoms with van der Waals surface area (Å²) in [5.74, 6) is 0.936. The van der Waals surface area contributed by atoms with Gasteiger partial charge in [-0.15, -0.1) is 0 Å². The summed E-state index contributed by atoms with van der Waals surface area (Å²) in [6.45, 7) is 7.01. The lowest BCUT2D eigenvalue weighted by atomic mass is 9.86. The summed E-state index contributed by atoms with van der Waals surface area (Å²) < 4.78 is 1.89. The van der Waals surface area contributed by atoms with E-state index in [1.54, 1.807) is 6.33 Å². The van der Waals surface area contributed by atoms with E-state index in [9.17, 15) is 0 Å². The molecule has 2 aromatic rings. The molecule has 1 unspecified atom stereocenters. The Labute approximate surface area is 108 Å². The highest BCUT2D eigenvalue weighted by Crippen LogP contribution is 2.24. The van der Waals surface area contributed by atoms with Crippen LogP contribution in [0.3, 0.4) is 0 Å². The molecule has 0 fully saturated rings. The Kier molecular flexibility index (Phi) is 3.48. The SMILES string of the molecule is CCn1ncnc1CC(C)(N)c1ccccc1C. The molecule has 0 amide bonds. The first-order chi connectivity index (χ1) is 8.54. The van der Waals surface area contributed by atoms with Crippen molar-refractivity contribution in [2.24, 2.45) is 5.73 Å². The van der Waals surface area contributed by atoms with Crippen molar-refractivity contribution in [3.63, 3.8) is 0 Å². The Bertz CT molecular complexity index is 528. The molecule has 1 atom stereocenters. The molecule has 18 heavy (non-hydrogen) atoms. The highest BCUT2D eigenvalue weighted by atomic mass is 15.3. The molecule has 0 saturated heterocycles. The van der Waals surface area contributed by atoms with E-state index in [0.717, 1.165) is 17.9 Å². The van der Waals surface area contributed by atoms with Gasteiger partial charge in [-0.1, -0.05) is 24.3 Å². The third kappa shape index (κ3) is 2.43. The first kappa shape index (κ1) is 12.8. The van der Waals surface area contributed by atoms with E-state index in [-0.39, 0.29) is 0 Å². The molecule has 96 valence electrons. The van der Waals surface area contributed by atoms with Crippen molar-refractivity contribution < 1.29 is 0 Å². The molecule has 1 aromatic carbocycles. The Hall–Kier alpha value is -1.68. The first-order valence-corrected chi connectivity index (χ1v) is 6.26. The zero-order chi connectivity index (χ0) is 13.2. The summed E-state index contributed by atoms with van der Waals surface area (Å²) in [5.41, 5.74) is 8.42. The number of nitrogens with two attached hydrogens (primary N) is 1. The summed E-state index contributed by atoms with van der Waals surface area (Å²) >= 11 is 0. The number of rotatable bonds is 4. The fraction of sp³-hybridized carbons (Fsp3) is 0.429. The lowest BCUT2D eigenvalue weighted by Crippen LogP contribution is -2.37. The summed E-state index contributed by atoms with van der Waals surface area (Å²) in [6, 6.07) is 8.23. The number of hydrogen-bond donors (Lipinski definition) is 1. The standard InChI is InChI=1S/C14H20N4/c1-4-18-13(16-10-17-18)9-14(3,15)12-8-6-5-7-11(12)2/h5-8,10H,4,9,15H2,1-3H3. The maximum Gasteiger partial charge on any atom is 0.138 e. The van der Waals surface area contributed by atoms with Crippen LogP contribution in [-0.2, 0) is 18.5 Å². The zero-order valence-electron chi connectivity index (χ0n) is 11.2. The molecule has 2 rings (SSSR count). The van der Waals surface area contributed by atoms with Gasteiger partial charge in [0.05, 0.1) is 0 Å². The van der Waals surface area contributed by atoms with Gasteiger partial charge >= 0.3 is 0 Å². The van der Waals surface area contributed by atoms with Crippen molar-refractivity contribution in [3.8, 4) is 0 Å². The van der Waals surface area contributed by atoms with Crippen LogP contribution in [0.5, 0.6) is 0 Å². The van der Waals surface area contributed by atoms with E-state index < -0.39 is 5.54 Å². The Balaban J connectivity index is 2.30. The molecule has 0 bridgehead atoms. The number of hydrogen-bond acceptors (Lipinski definition) is 3. The lowest BCUT2D eigenvalue weighted by Gasteiger charge is -2.26. The van der Waals surface area contributed by atoms with E-state index in [0.29, 0.717) is 6.42 Å². The molecule has 2 N–H and O–H groups in total. The van der Waals surface area contributed by atoms with E-state index in [4.69, 9.17) is 5.73 Å². The fourth-order valence-electron chi connectivity index (χ4n) is 2.33. The van der Waals surface area contributed by atoms with Crippen LogP contribution in [0.15, 0.2) is 30.6 Å². The first-order valence-electron chi connectivity index (χ1n) is 6.26. The van der Waals surface area contributed by atoms with E-state index in [1.165, 1.54) is 5.56 Å². The smallest absolute Gasteiger partial charge is 0.138 e. The van der Waals surface area contributed by atoms with Crippen LogP contribution in [0.4, 0.5) is 0 Å². The van der Waals surface area contributed by atoms with Gasteiger partial charge in [0, 0.05) is 18.5 Å². The average molecular weight is 244 g/mol. The molecule has 4 heteroatoms. The monoisotopic (exact) mass is 244 g/mol. The molecule has 0 spiro atoms. The minimum absolute atomic E-state index is 0.425. The molecule has 0 radical (unpaired) electrons. The summed E-state index contributed by atoms with van der Waals surface area (Å²) in [6.07, 6.45) is 2.28. The van der Waals surface area contributed by atoms with Crippen molar-refractivity contribution in [1.82, 2.24) is 14.8 Å². The van der Waals surface area contributed by atoms with Gasteiger partial charge in [-0.3, -0.25) is 4.68 Å². The zero-order valence-corrected chi connectivity index (χ0v) is 11.2. The van der Waals surface area contributed by atoms with Crippen molar-refractivity contribution in [1.29, 1.82) is 0 Å². The molecular weight excluding hydrogens is 224 g/mol. The minimum atomic E-state index is -0.425. The molecule has 1 aromatic heterocycles. The Morgan fingerprint density at radius 1 is 1.33 bits per heavy atom.